The summed E-state index contributed by atoms with van der Waals surface area (Å²) in [5, 5.41) is 3.95. The molecule has 4 heteroatoms. The van der Waals surface area contributed by atoms with E-state index in [1.165, 1.54) is 5.56 Å². The maximum Gasteiger partial charge on any atom is 0.255 e. The lowest BCUT2D eigenvalue weighted by Gasteiger charge is -2.10. The molecule has 0 unspecified atom stereocenters. The molecule has 134 valence electrons. The third-order valence-corrected chi connectivity index (χ3v) is 5.61. The van der Waals surface area contributed by atoms with E-state index in [1.807, 2.05) is 66.7 Å². The highest BCUT2D eigenvalue weighted by Gasteiger charge is 2.13. The molecule has 0 atom stereocenters. The Morgan fingerprint density at radius 3 is 2.37 bits per heavy atom. The quantitative estimate of drug-likeness (QED) is 0.454. The van der Waals surface area contributed by atoms with Gasteiger partial charge >= 0.3 is 0 Å². The number of thiazole rings is 1. The number of fused-ring (bicyclic) bond motifs is 1. The molecule has 0 aliphatic rings. The second-order valence-electron chi connectivity index (χ2n) is 6.76. The van der Waals surface area contributed by atoms with Crippen molar-refractivity contribution in [1.82, 2.24) is 4.98 Å². The maximum absolute atomic E-state index is 12.7. The van der Waals surface area contributed by atoms with Gasteiger partial charge in [0.2, 0.25) is 0 Å². The van der Waals surface area contributed by atoms with Gasteiger partial charge in [-0.15, -0.1) is 11.3 Å². The third kappa shape index (κ3) is 3.62. The molecule has 1 N–H and O–H groups in total. The van der Waals surface area contributed by atoms with E-state index in [1.54, 1.807) is 11.3 Å². The van der Waals surface area contributed by atoms with Crippen molar-refractivity contribution in [2.75, 3.05) is 5.32 Å². The largest absolute Gasteiger partial charge is 0.321 e. The molecule has 0 aliphatic carbocycles. The second kappa shape index (κ2) is 7.33. The standard InChI is InChI=1S/C23H20N2OS/c1-15(2)16-11-13-17(14-12-16)22(26)24-19-8-4-3-7-18(19)23-25-20-9-5-6-10-21(20)27-23/h3-15H,1-2H3,(H,24,26). The number of hydrogen-bond donors (Lipinski definition) is 1. The Morgan fingerprint density at radius 2 is 1.63 bits per heavy atom. The Balaban J connectivity index is 1.64. The highest BCUT2D eigenvalue weighted by molar-refractivity contribution is 7.21. The van der Waals surface area contributed by atoms with Crippen molar-refractivity contribution in [3.05, 3.63) is 83.9 Å². The van der Waals surface area contributed by atoms with Crippen LogP contribution in [0.4, 0.5) is 5.69 Å². The molecule has 4 aromatic rings. The lowest BCUT2D eigenvalue weighted by Crippen LogP contribution is -2.12. The zero-order chi connectivity index (χ0) is 18.8. The normalized spacial score (nSPS) is 11.1. The first-order chi connectivity index (χ1) is 13.1. The molecule has 0 saturated heterocycles. The van der Waals surface area contributed by atoms with Crippen LogP contribution in [-0.2, 0) is 0 Å². The van der Waals surface area contributed by atoms with Gasteiger partial charge in [-0.1, -0.05) is 50.2 Å². The van der Waals surface area contributed by atoms with E-state index >= 15 is 0 Å². The summed E-state index contributed by atoms with van der Waals surface area (Å²) in [6, 6.07) is 23.7. The smallest absolute Gasteiger partial charge is 0.255 e. The summed E-state index contributed by atoms with van der Waals surface area (Å²) in [7, 11) is 0. The molecule has 1 aromatic heterocycles. The van der Waals surface area contributed by atoms with Crippen LogP contribution in [0.25, 0.3) is 20.8 Å². The molecule has 4 rings (SSSR count). The fourth-order valence-electron chi connectivity index (χ4n) is 2.98. The van der Waals surface area contributed by atoms with Crippen LogP contribution >= 0.6 is 11.3 Å². The van der Waals surface area contributed by atoms with E-state index in [-0.39, 0.29) is 5.91 Å². The van der Waals surface area contributed by atoms with Crippen LogP contribution in [-0.4, -0.2) is 10.9 Å². The summed E-state index contributed by atoms with van der Waals surface area (Å²) in [4.78, 5) is 17.4. The summed E-state index contributed by atoms with van der Waals surface area (Å²) in [6.07, 6.45) is 0. The number of aromatic nitrogens is 1. The number of rotatable bonds is 4. The highest BCUT2D eigenvalue weighted by Crippen LogP contribution is 2.34. The molecule has 0 spiro atoms. The number of nitrogens with one attached hydrogen (secondary N) is 1. The minimum Gasteiger partial charge on any atom is -0.321 e. The number of nitrogens with zero attached hydrogens (tertiary/aromatic N) is 1. The van der Waals surface area contributed by atoms with Gasteiger partial charge in [0.1, 0.15) is 5.01 Å². The Labute approximate surface area is 162 Å². The first-order valence-electron chi connectivity index (χ1n) is 8.98. The summed E-state index contributed by atoms with van der Waals surface area (Å²) < 4.78 is 1.14. The van der Waals surface area contributed by atoms with Crippen molar-refractivity contribution >= 4 is 33.1 Å². The topological polar surface area (TPSA) is 42.0 Å². The average molecular weight is 372 g/mol. The summed E-state index contributed by atoms with van der Waals surface area (Å²) >= 11 is 1.63. The Kier molecular flexibility index (Phi) is 4.73. The lowest BCUT2D eigenvalue weighted by molar-refractivity contribution is 0.102. The van der Waals surface area contributed by atoms with E-state index in [0.717, 1.165) is 26.5 Å². The van der Waals surface area contributed by atoms with Crippen molar-refractivity contribution < 1.29 is 4.79 Å². The van der Waals surface area contributed by atoms with Gasteiger partial charge in [-0.3, -0.25) is 4.79 Å². The lowest BCUT2D eigenvalue weighted by atomic mass is 10.0. The minimum absolute atomic E-state index is 0.112. The maximum atomic E-state index is 12.7. The van der Waals surface area contributed by atoms with E-state index in [4.69, 9.17) is 4.98 Å². The van der Waals surface area contributed by atoms with Crippen molar-refractivity contribution in [1.29, 1.82) is 0 Å². The van der Waals surface area contributed by atoms with Crippen LogP contribution in [0.3, 0.4) is 0 Å². The van der Waals surface area contributed by atoms with E-state index in [0.29, 0.717) is 11.5 Å². The molecular weight excluding hydrogens is 352 g/mol. The van der Waals surface area contributed by atoms with E-state index < -0.39 is 0 Å². The molecule has 1 heterocycles. The highest BCUT2D eigenvalue weighted by atomic mass is 32.1. The zero-order valence-corrected chi connectivity index (χ0v) is 16.1. The van der Waals surface area contributed by atoms with E-state index in [9.17, 15) is 4.79 Å². The predicted molar refractivity (Wildman–Crippen MR) is 114 cm³/mol. The van der Waals surface area contributed by atoms with Crippen LogP contribution in [0, 0.1) is 0 Å². The van der Waals surface area contributed by atoms with Crippen molar-refractivity contribution in [2.45, 2.75) is 19.8 Å². The molecule has 0 bridgehead atoms. The monoisotopic (exact) mass is 372 g/mol. The average Bonchev–Trinajstić information content (AvgIpc) is 3.12. The van der Waals surface area contributed by atoms with Gasteiger partial charge in [0.15, 0.2) is 0 Å². The molecule has 0 fully saturated rings. The van der Waals surface area contributed by atoms with E-state index in [2.05, 4.69) is 25.2 Å². The molecule has 1 amide bonds. The molecule has 0 radical (unpaired) electrons. The van der Waals surface area contributed by atoms with Gasteiger partial charge in [-0.2, -0.15) is 0 Å². The SMILES string of the molecule is CC(C)c1ccc(C(=O)Nc2ccccc2-c2nc3ccccc3s2)cc1. The molecular formula is C23H20N2OS. The van der Waals surface area contributed by atoms with Crippen molar-refractivity contribution in [3.63, 3.8) is 0 Å². The van der Waals surface area contributed by atoms with Gasteiger partial charge in [-0.05, 0) is 47.9 Å². The van der Waals surface area contributed by atoms with Crippen molar-refractivity contribution in [2.24, 2.45) is 0 Å². The van der Waals surface area contributed by atoms with Crippen LogP contribution in [0.5, 0.6) is 0 Å². The van der Waals surface area contributed by atoms with Crippen LogP contribution in [0.1, 0.15) is 35.7 Å². The number of carbonyl (C=O) groups is 1. The first-order valence-corrected chi connectivity index (χ1v) is 9.80. The fourth-order valence-corrected chi connectivity index (χ4v) is 3.99. The Morgan fingerprint density at radius 1 is 0.926 bits per heavy atom. The number of amides is 1. The number of benzene rings is 3. The van der Waals surface area contributed by atoms with Crippen LogP contribution in [0.15, 0.2) is 72.8 Å². The fraction of sp³-hybridized carbons (Fsp3) is 0.130. The second-order valence-corrected chi connectivity index (χ2v) is 7.79. The summed E-state index contributed by atoms with van der Waals surface area (Å²) in [5.41, 5.74) is 4.56. The Hall–Kier alpha value is -2.98. The van der Waals surface area contributed by atoms with Crippen molar-refractivity contribution in [3.8, 4) is 10.6 Å². The van der Waals surface area contributed by atoms with Gasteiger partial charge < -0.3 is 5.32 Å². The molecule has 27 heavy (non-hydrogen) atoms. The van der Waals surface area contributed by atoms with Gasteiger partial charge in [-0.25, -0.2) is 4.98 Å². The number of hydrogen-bond acceptors (Lipinski definition) is 3. The first kappa shape index (κ1) is 17.4. The van der Waals surface area contributed by atoms with Crippen LogP contribution < -0.4 is 5.32 Å². The zero-order valence-electron chi connectivity index (χ0n) is 15.3. The number of carbonyl (C=O) groups excluding carboxylic acids is 1. The van der Waals surface area contributed by atoms with Gasteiger partial charge in [0.05, 0.1) is 15.9 Å². The molecule has 0 saturated carbocycles. The van der Waals surface area contributed by atoms with Crippen LogP contribution in [0.2, 0.25) is 0 Å². The third-order valence-electron chi connectivity index (χ3n) is 4.54. The molecule has 3 aromatic carbocycles. The summed E-state index contributed by atoms with van der Waals surface area (Å²) in [6.45, 7) is 4.28. The Bertz CT molecular complexity index is 1060. The number of anilines is 1. The molecule has 0 aliphatic heterocycles. The minimum atomic E-state index is -0.112. The molecule has 3 nitrogen and oxygen atoms in total. The van der Waals surface area contributed by atoms with Gasteiger partial charge in [0, 0.05) is 11.1 Å². The van der Waals surface area contributed by atoms with Gasteiger partial charge in [0.25, 0.3) is 5.91 Å². The number of para-hydroxylation sites is 2. The predicted octanol–water partition coefficient (Wildman–Crippen LogP) is 6.34. The summed E-state index contributed by atoms with van der Waals surface area (Å²) in [5.74, 6) is 0.334.